The van der Waals surface area contributed by atoms with E-state index in [1.54, 1.807) is 0 Å². The van der Waals surface area contributed by atoms with Crippen molar-refractivity contribution < 1.29 is 0 Å². The van der Waals surface area contributed by atoms with Gasteiger partial charge in [0, 0.05) is 49.5 Å². The zero-order valence-electron chi connectivity index (χ0n) is 21.8. The fourth-order valence-corrected chi connectivity index (χ4v) is 5.58. The molecule has 1 fully saturated rings. The Labute approximate surface area is 227 Å². The van der Waals surface area contributed by atoms with Crippen LogP contribution in [0.2, 0.25) is 0 Å². The summed E-state index contributed by atoms with van der Waals surface area (Å²) in [6.07, 6.45) is 7.63. The van der Waals surface area contributed by atoms with Gasteiger partial charge in [-0.1, -0.05) is 42.5 Å². The number of pyridine rings is 1. The summed E-state index contributed by atoms with van der Waals surface area (Å²) in [5, 5.41) is 12.4. The number of benzene rings is 3. The minimum absolute atomic E-state index is 0.757. The third-order valence-corrected chi connectivity index (χ3v) is 7.60. The Morgan fingerprint density at radius 2 is 1.64 bits per heavy atom. The number of piperidine rings is 1. The van der Waals surface area contributed by atoms with Crippen LogP contribution in [0.4, 0.5) is 5.69 Å². The molecule has 3 aromatic heterocycles. The number of imidazole rings is 1. The number of nitrogens with zero attached hydrogens (tertiary/aromatic N) is 4. The molecular weight excluding hydrogens is 482 g/mol. The van der Waals surface area contributed by atoms with Gasteiger partial charge in [0.05, 0.1) is 16.7 Å². The molecule has 1 saturated heterocycles. The SMILES string of the molecule is c1ccc(CNCc2cncc(-c3ccc4[nH]nc(-c5nc6c(N7CCCCC7)cccc6[nH]5)c4c3)c2)cc1. The van der Waals surface area contributed by atoms with Gasteiger partial charge in [-0.25, -0.2) is 4.98 Å². The molecular formula is C32H31N7. The Morgan fingerprint density at radius 1 is 0.769 bits per heavy atom. The summed E-state index contributed by atoms with van der Waals surface area (Å²) in [7, 11) is 0. The highest BCUT2D eigenvalue weighted by atomic mass is 15.2. The summed E-state index contributed by atoms with van der Waals surface area (Å²) < 4.78 is 0. The fourth-order valence-electron chi connectivity index (χ4n) is 5.58. The molecule has 7 nitrogen and oxygen atoms in total. The summed E-state index contributed by atoms with van der Waals surface area (Å²) in [4.78, 5) is 15.6. The molecule has 0 amide bonds. The van der Waals surface area contributed by atoms with Crippen LogP contribution in [0.5, 0.6) is 0 Å². The van der Waals surface area contributed by atoms with Gasteiger partial charge >= 0.3 is 0 Å². The third-order valence-electron chi connectivity index (χ3n) is 7.60. The van der Waals surface area contributed by atoms with E-state index < -0.39 is 0 Å². The van der Waals surface area contributed by atoms with Gasteiger partial charge in [-0.2, -0.15) is 5.10 Å². The summed E-state index contributed by atoms with van der Waals surface area (Å²) in [5.41, 5.74) is 9.70. The Bertz CT molecular complexity index is 1730. The van der Waals surface area contributed by atoms with Gasteiger partial charge in [-0.15, -0.1) is 0 Å². The second-order valence-electron chi connectivity index (χ2n) is 10.3. The molecule has 0 saturated carbocycles. The summed E-state index contributed by atoms with van der Waals surface area (Å²) in [6, 6.07) is 25.4. The van der Waals surface area contributed by atoms with Crippen molar-refractivity contribution in [1.82, 2.24) is 30.5 Å². The van der Waals surface area contributed by atoms with Crippen molar-refractivity contribution in [3.8, 4) is 22.6 Å². The molecule has 4 heterocycles. The first-order valence-electron chi connectivity index (χ1n) is 13.7. The number of para-hydroxylation sites is 1. The van der Waals surface area contributed by atoms with Crippen molar-refractivity contribution in [1.29, 1.82) is 0 Å². The number of aromatic amines is 2. The van der Waals surface area contributed by atoms with Gasteiger partial charge in [0.15, 0.2) is 5.82 Å². The molecule has 0 spiro atoms. The topological polar surface area (TPSA) is 85.5 Å². The van der Waals surface area contributed by atoms with Gasteiger partial charge in [0.2, 0.25) is 0 Å². The zero-order valence-corrected chi connectivity index (χ0v) is 21.8. The number of H-pyrrole nitrogens is 2. The number of rotatable bonds is 7. The molecule has 39 heavy (non-hydrogen) atoms. The minimum atomic E-state index is 0.757. The monoisotopic (exact) mass is 513 g/mol. The van der Waals surface area contributed by atoms with E-state index in [-0.39, 0.29) is 0 Å². The van der Waals surface area contributed by atoms with Gasteiger partial charge < -0.3 is 15.2 Å². The molecule has 1 aliphatic heterocycles. The molecule has 0 unspecified atom stereocenters. The Balaban J connectivity index is 1.18. The predicted molar refractivity (Wildman–Crippen MR) is 157 cm³/mol. The number of hydrogen-bond acceptors (Lipinski definition) is 5. The van der Waals surface area contributed by atoms with E-state index in [2.05, 4.69) is 97.1 Å². The Morgan fingerprint density at radius 3 is 2.54 bits per heavy atom. The molecule has 0 aliphatic carbocycles. The van der Waals surface area contributed by atoms with E-state index >= 15 is 0 Å². The largest absolute Gasteiger partial charge is 0.370 e. The number of fused-ring (bicyclic) bond motifs is 2. The average Bonchev–Trinajstić information content (AvgIpc) is 3.62. The van der Waals surface area contributed by atoms with Crippen LogP contribution in [-0.2, 0) is 13.1 Å². The number of hydrogen-bond donors (Lipinski definition) is 3. The second-order valence-corrected chi connectivity index (χ2v) is 10.3. The highest BCUT2D eigenvalue weighted by Gasteiger charge is 2.18. The lowest BCUT2D eigenvalue weighted by Crippen LogP contribution is -2.29. The first-order chi connectivity index (χ1) is 19.3. The first-order valence-corrected chi connectivity index (χ1v) is 13.7. The van der Waals surface area contributed by atoms with Crippen molar-refractivity contribution in [2.24, 2.45) is 0 Å². The van der Waals surface area contributed by atoms with E-state index in [1.807, 2.05) is 18.5 Å². The molecule has 3 aromatic carbocycles. The molecule has 0 radical (unpaired) electrons. The molecule has 0 bridgehead atoms. The number of anilines is 1. The number of aromatic nitrogens is 5. The van der Waals surface area contributed by atoms with Crippen LogP contribution in [0, 0.1) is 0 Å². The Kier molecular flexibility index (Phi) is 6.26. The van der Waals surface area contributed by atoms with Crippen LogP contribution in [0.25, 0.3) is 44.6 Å². The summed E-state index contributed by atoms with van der Waals surface area (Å²) in [5.74, 6) is 0.787. The van der Waals surface area contributed by atoms with Crippen molar-refractivity contribution in [2.45, 2.75) is 32.4 Å². The van der Waals surface area contributed by atoms with E-state index in [9.17, 15) is 0 Å². The second kappa shape index (κ2) is 10.3. The van der Waals surface area contributed by atoms with Gasteiger partial charge in [-0.3, -0.25) is 10.1 Å². The third kappa shape index (κ3) is 4.77. The fraction of sp³-hybridized carbons (Fsp3) is 0.219. The molecule has 7 rings (SSSR count). The highest BCUT2D eigenvalue weighted by Crippen LogP contribution is 2.33. The Hall–Kier alpha value is -4.49. The van der Waals surface area contributed by atoms with Gasteiger partial charge in [-0.05, 0) is 66.3 Å². The normalized spacial score (nSPS) is 13.9. The standard InChI is InChI=1S/C32H31N7/c1-3-8-22(9-4-1)18-33-19-23-16-25(21-34-20-23)24-12-13-27-26(17-24)30(38-37-27)32-35-28-10-7-11-29(31(28)36-32)39-14-5-2-6-15-39/h1,3-4,7-13,16-17,20-21,33H,2,5-6,14-15,18-19H2,(H,35,36)(H,37,38). The lowest BCUT2D eigenvalue weighted by molar-refractivity contribution is 0.579. The van der Waals surface area contributed by atoms with Crippen molar-refractivity contribution in [3.63, 3.8) is 0 Å². The van der Waals surface area contributed by atoms with Crippen LogP contribution >= 0.6 is 0 Å². The molecule has 7 heteroatoms. The zero-order chi connectivity index (χ0) is 26.0. The number of nitrogens with one attached hydrogen (secondary N) is 3. The van der Waals surface area contributed by atoms with Crippen LogP contribution in [0.15, 0.2) is 85.2 Å². The molecule has 3 N–H and O–H groups in total. The van der Waals surface area contributed by atoms with Crippen LogP contribution in [0.1, 0.15) is 30.4 Å². The van der Waals surface area contributed by atoms with Crippen LogP contribution in [0.3, 0.4) is 0 Å². The maximum absolute atomic E-state index is 5.06. The molecule has 6 aromatic rings. The molecule has 1 aliphatic rings. The summed E-state index contributed by atoms with van der Waals surface area (Å²) >= 11 is 0. The van der Waals surface area contributed by atoms with Crippen molar-refractivity contribution >= 4 is 27.6 Å². The maximum Gasteiger partial charge on any atom is 0.159 e. The van der Waals surface area contributed by atoms with Gasteiger partial charge in [0.1, 0.15) is 11.2 Å². The first kappa shape index (κ1) is 23.6. The summed E-state index contributed by atoms with van der Waals surface area (Å²) in [6.45, 7) is 3.76. The van der Waals surface area contributed by atoms with Gasteiger partial charge in [0.25, 0.3) is 0 Å². The van der Waals surface area contributed by atoms with E-state index in [0.29, 0.717) is 0 Å². The van der Waals surface area contributed by atoms with Crippen LogP contribution in [-0.4, -0.2) is 38.2 Å². The average molecular weight is 514 g/mol. The maximum atomic E-state index is 5.06. The van der Waals surface area contributed by atoms with Crippen molar-refractivity contribution in [2.75, 3.05) is 18.0 Å². The predicted octanol–water partition coefficient (Wildman–Crippen LogP) is 6.45. The molecule has 194 valence electrons. The van der Waals surface area contributed by atoms with E-state index in [1.165, 1.54) is 30.5 Å². The van der Waals surface area contributed by atoms with E-state index in [0.717, 1.165) is 76.3 Å². The minimum Gasteiger partial charge on any atom is -0.370 e. The quantitative estimate of drug-likeness (QED) is 0.228. The smallest absolute Gasteiger partial charge is 0.159 e. The highest BCUT2D eigenvalue weighted by molar-refractivity contribution is 5.97. The lowest BCUT2D eigenvalue weighted by atomic mass is 10.0. The lowest BCUT2D eigenvalue weighted by Gasteiger charge is -2.28. The molecule has 0 atom stereocenters. The van der Waals surface area contributed by atoms with E-state index in [4.69, 9.17) is 4.98 Å². The van der Waals surface area contributed by atoms with Crippen LogP contribution < -0.4 is 10.2 Å². The van der Waals surface area contributed by atoms with Crippen molar-refractivity contribution in [3.05, 3.63) is 96.3 Å².